The van der Waals surface area contributed by atoms with E-state index >= 15 is 0 Å². The van der Waals surface area contributed by atoms with E-state index in [1.807, 2.05) is 19.1 Å². The molecule has 0 bridgehead atoms. The third kappa shape index (κ3) is 1.67. The molecule has 6 heteroatoms. The lowest BCUT2D eigenvalue weighted by Gasteiger charge is -2.13. The molecule has 18 heavy (non-hydrogen) atoms. The Bertz CT molecular complexity index is 711. The lowest BCUT2D eigenvalue weighted by Crippen LogP contribution is -2.40. The maximum Gasteiger partial charge on any atom is 0.337 e. The van der Waals surface area contributed by atoms with E-state index in [1.54, 1.807) is 12.1 Å². The van der Waals surface area contributed by atoms with Crippen LogP contribution in [0.1, 0.15) is 5.56 Å². The summed E-state index contributed by atoms with van der Waals surface area (Å²) < 4.78 is 2.15. The smallest absolute Gasteiger partial charge is 0.337 e. The van der Waals surface area contributed by atoms with Crippen LogP contribution in [0, 0.1) is 6.92 Å². The van der Waals surface area contributed by atoms with Crippen LogP contribution in [-0.4, -0.2) is 9.13 Å². The summed E-state index contributed by atoms with van der Waals surface area (Å²) >= 11 is 0. The number of rotatable bonds is 1. The molecule has 0 unspecified atom stereocenters. The summed E-state index contributed by atoms with van der Waals surface area (Å²) in [5.41, 5.74) is 11.8. The monoisotopic (exact) mass is 246 g/mol. The lowest BCUT2D eigenvalue weighted by atomic mass is 10.2. The number of aryl methyl sites for hydroxylation is 1. The van der Waals surface area contributed by atoms with Crippen LogP contribution in [0.5, 0.6) is 0 Å². The van der Waals surface area contributed by atoms with Crippen molar-refractivity contribution in [1.29, 1.82) is 0 Å². The molecule has 2 aromatic rings. The number of hydrogen-bond acceptors (Lipinski definition) is 4. The van der Waals surface area contributed by atoms with Crippen LogP contribution in [0.2, 0.25) is 0 Å². The van der Waals surface area contributed by atoms with Gasteiger partial charge in [0.05, 0.1) is 5.69 Å². The topological polar surface area (TPSA) is 96.0 Å². The van der Waals surface area contributed by atoms with Crippen LogP contribution in [0.15, 0.2) is 33.9 Å². The van der Waals surface area contributed by atoms with Gasteiger partial charge in [-0.3, -0.25) is 9.36 Å². The van der Waals surface area contributed by atoms with Crippen molar-refractivity contribution in [3.8, 4) is 5.69 Å². The Morgan fingerprint density at radius 1 is 1.06 bits per heavy atom. The van der Waals surface area contributed by atoms with Crippen LogP contribution < -0.4 is 22.7 Å². The van der Waals surface area contributed by atoms with Gasteiger partial charge >= 0.3 is 5.69 Å². The molecule has 6 nitrogen and oxygen atoms in total. The number of nitrogens with zero attached hydrogens (tertiary/aromatic N) is 2. The molecule has 0 amide bonds. The van der Waals surface area contributed by atoms with Gasteiger partial charge in [-0.25, -0.2) is 9.36 Å². The Morgan fingerprint density at radius 2 is 1.61 bits per heavy atom. The van der Waals surface area contributed by atoms with Gasteiger partial charge in [-0.2, -0.15) is 0 Å². The molecule has 0 radical (unpaired) electrons. The quantitative estimate of drug-likeness (QED) is 0.740. The summed E-state index contributed by atoms with van der Waals surface area (Å²) in [6.07, 6.45) is 0. The molecule has 0 fully saturated rings. The predicted octanol–water partition coefficient (Wildman–Crippen LogP) is 0.00902. The molecule has 1 aromatic heterocycles. The van der Waals surface area contributed by atoms with Gasteiger partial charge in [-0.1, -0.05) is 17.7 Å². The van der Waals surface area contributed by atoms with Crippen molar-refractivity contribution < 1.29 is 0 Å². The normalized spacial score (nSPS) is 10.6. The standard InChI is InChI=1S/C12H14N4O2/c1-7-3-5-8(6-4-7)16-10(14)9(13)11(17)15(2)12(16)18/h3-6H,13-14H2,1-2H3. The Hall–Kier alpha value is -2.50. The second-order valence-electron chi connectivity index (χ2n) is 4.12. The Labute approximate surface area is 103 Å². The SMILES string of the molecule is Cc1ccc(-n2c(N)c(N)c(=O)n(C)c2=O)cc1. The van der Waals surface area contributed by atoms with E-state index in [0.717, 1.165) is 10.1 Å². The molecule has 1 aromatic carbocycles. The van der Waals surface area contributed by atoms with Gasteiger partial charge in [0.15, 0.2) is 0 Å². The summed E-state index contributed by atoms with van der Waals surface area (Å²) in [7, 11) is 1.37. The zero-order valence-electron chi connectivity index (χ0n) is 10.2. The third-order valence-corrected chi connectivity index (χ3v) is 2.82. The number of nitrogens with two attached hydrogens (primary N) is 2. The van der Waals surface area contributed by atoms with Crippen molar-refractivity contribution in [2.45, 2.75) is 6.92 Å². The highest BCUT2D eigenvalue weighted by Crippen LogP contribution is 2.14. The average molecular weight is 246 g/mol. The molecule has 2 rings (SSSR count). The predicted molar refractivity (Wildman–Crippen MR) is 70.8 cm³/mol. The summed E-state index contributed by atoms with van der Waals surface area (Å²) in [5.74, 6) is -0.0352. The molecule has 0 saturated carbocycles. The number of anilines is 2. The number of aromatic nitrogens is 2. The van der Waals surface area contributed by atoms with Crippen LogP contribution in [-0.2, 0) is 7.05 Å². The molecular formula is C12H14N4O2. The molecule has 94 valence electrons. The van der Waals surface area contributed by atoms with Gasteiger partial charge < -0.3 is 11.5 Å². The number of nitrogen functional groups attached to an aromatic ring is 2. The largest absolute Gasteiger partial charge is 0.391 e. The number of benzene rings is 1. The molecule has 0 atom stereocenters. The van der Waals surface area contributed by atoms with Gasteiger partial charge in [-0.15, -0.1) is 0 Å². The van der Waals surface area contributed by atoms with Crippen molar-refractivity contribution in [2.75, 3.05) is 11.5 Å². The van der Waals surface area contributed by atoms with Gasteiger partial charge in [-0.05, 0) is 19.1 Å². The Kier molecular flexibility index (Phi) is 2.70. The van der Waals surface area contributed by atoms with E-state index in [1.165, 1.54) is 11.6 Å². The van der Waals surface area contributed by atoms with E-state index < -0.39 is 11.2 Å². The van der Waals surface area contributed by atoms with Gasteiger partial charge in [0.25, 0.3) is 5.56 Å². The van der Waals surface area contributed by atoms with Gasteiger partial charge in [0, 0.05) is 7.05 Å². The van der Waals surface area contributed by atoms with Crippen molar-refractivity contribution in [1.82, 2.24) is 9.13 Å². The maximum absolute atomic E-state index is 12.0. The van der Waals surface area contributed by atoms with Crippen LogP contribution in [0.3, 0.4) is 0 Å². The molecule has 0 aliphatic carbocycles. The molecule has 4 N–H and O–H groups in total. The van der Waals surface area contributed by atoms with Crippen LogP contribution in [0.25, 0.3) is 5.69 Å². The molecule has 0 saturated heterocycles. The summed E-state index contributed by atoms with van der Waals surface area (Å²) in [5, 5.41) is 0. The van der Waals surface area contributed by atoms with Crippen LogP contribution in [0.4, 0.5) is 11.5 Å². The van der Waals surface area contributed by atoms with E-state index in [0.29, 0.717) is 5.69 Å². The Morgan fingerprint density at radius 3 is 2.17 bits per heavy atom. The highest BCUT2D eigenvalue weighted by atomic mass is 16.2. The maximum atomic E-state index is 12.0. The van der Waals surface area contributed by atoms with Crippen molar-refractivity contribution >= 4 is 11.5 Å². The first-order valence-corrected chi connectivity index (χ1v) is 5.37. The van der Waals surface area contributed by atoms with E-state index in [4.69, 9.17) is 11.5 Å². The first kappa shape index (κ1) is 12.0. The fourth-order valence-corrected chi connectivity index (χ4v) is 1.69. The average Bonchev–Trinajstić information content (AvgIpc) is 2.36. The third-order valence-electron chi connectivity index (χ3n) is 2.82. The molecule has 0 spiro atoms. The Balaban J connectivity index is 2.84. The zero-order valence-corrected chi connectivity index (χ0v) is 10.2. The van der Waals surface area contributed by atoms with E-state index in [2.05, 4.69) is 0 Å². The summed E-state index contributed by atoms with van der Waals surface area (Å²) in [4.78, 5) is 23.6. The van der Waals surface area contributed by atoms with Crippen molar-refractivity contribution in [2.24, 2.45) is 7.05 Å². The summed E-state index contributed by atoms with van der Waals surface area (Å²) in [6, 6.07) is 7.19. The molecule has 0 aliphatic rings. The second kappa shape index (κ2) is 4.06. The van der Waals surface area contributed by atoms with Crippen molar-refractivity contribution in [3.63, 3.8) is 0 Å². The minimum absolute atomic E-state index is 0.0352. The first-order chi connectivity index (χ1) is 8.43. The molecular weight excluding hydrogens is 232 g/mol. The first-order valence-electron chi connectivity index (χ1n) is 5.37. The minimum Gasteiger partial charge on any atom is -0.391 e. The minimum atomic E-state index is -0.583. The van der Waals surface area contributed by atoms with Gasteiger partial charge in [0.1, 0.15) is 11.5 Å². The fraction of sp³-hybridized carbons (Fsp3) is 0.167. The lowest BCUT2D eigenvalue weighted by molar-refractivity contribution is 0.739. The molecule has 0 aliphatic heterocycles. The zero-order chi connectivity index (χ0) is 13.4. The van der Waals surface area contributed by atoms with Crippen LogP contribution >= 0.6 is 0 Å². The fourth-order valence-electron chi connectivity index (χ4n) is 1.69. The number of hydrogen-bond donors (Lipinski definition) is 2. The van der Waals surface area contributed by atoms with E-state index in [-0.39, 0.29) is 11.5 Å². The molecule has 1 heterocycles. The highest BCUT2D eigenvalue weighted by Gasteiger charge is 2.13. The van der Waals surface area contributed by atoms with Gasteiger partial charge in [0.2, 0.25) is 0 Å². The second-order valence-corrected chi connectivity index (χ2v) is 4.12. The van der Waals surface area contributed by atoms with Crippen molar-refractivity contribution in [3.05, 3.63) is 50.7 Å². The summed E-state index contributed by atoms with van der Waals surface area (Å²) in [6.45, 7) is 1.94. The highest BCUT2D eigenvalue weighted by molar-refractivity contribution is 5.60. The van der Waals surface area contributed by atoms with E-state index in [9.17, 15) is 9.59 Å².